The lowest BCUT2D eigenvalue weighted by Gasteiger charge is -2.05. The predicted octanol–water partition coefficient (Wildman–Crippen LogP) is 0.863. The van der Waals surface area contributed by atoms with Crippen LogP contribution in [0.15, 0.2) is 29.2 Å². The van der Waals surface area contributed by atoms with Crippen LogP contribution in [0.1, 0.15) is 6.92 Å². The van der Waals surface area contributed by atoms with Crippen molar-refractivity contribution in [1.82, 2.24) is 0 Å². The zero-order valence-electron chi connectivity index (χ0n) is 9.94. The largest absolute Gasteiger partial charge is 0.346 e. The van der Waals surface area contributed by atoms with E-state index in [2.05, 4.69) is 8.92 Å². The molecule has 0 bridgehead atoms. The van der Waals surface area contributed by atoms with Crippen molar-refractivity contribution in [3.8, 4) is 0 Å². The molecule has 0 spiro atoms. The number of Topliss-reactive ketones (excluding diaryl/α,β-unsaturated/α-hetero) is 1. The molecule has 0 fully saturated rings. The summed E-state index contributed by atoms with van der Waals surface area (Å²) in [5.41, 5.74) is -0.230. The van der Waals surface area contributed by atoms with Crippen LogP contribution in [0.4, 0.5) is 5.69 Å². The van der Waals surface area contributed by atoms with Gasteiger partial charge in [0.1, 0.15) is 6.61 Å². The van der Waals surface area contributed by atoms with E-state index in [0.717, 1.165) is 24.3 Å². The molecule has 0 N–H and O–H groups in total. The van der Waals surface area contributed by atoms with E-state index in [4.69, 9.17) is 0 Å². The summed E-state index contributed by atoms with van der Waals surface area (Å²) < 4.78 is 32.4. The smallest absolute Gasteiger partial charge is 0.299 e. The topological polar surface area (TPSA) is 113 Å². The van der Waals surface area contributed by atoms with E-state index < -0.39 is 21.8 Å². The third kappa shape index (κ3) is 4.73. The van der Waals surface area contributed by atoms with E-state index in [0.29, 0.717) is 0 Å². The molecule has 9 heteroatoms. The standard InChI is InChI=1S/C10H11NO7S/c1-8(12)6-17-7-18-19(15,16)10-4-2-9(3-5-10)11(13)14/h2-5H,6-7H2,1H3. The Balaban J connectivity index is 2.66. The van der Waals surface area contributed by atoms with Crippen molar-refractivity contribution >= 4 is 21.6 Å². The van der Waals surface area contributed by atoms with Crippen molar-refractivity contribution in [1.29, 1.82) is 0 Å². The summed E-state index contributed by atoms with van der Waals surface area (Å²) in [5.74, 6) is -0.267. The number of carbonyl (C=O) groups is 1. The Labute approximate surface area is 109 Å². The number of non-ortho nitro benzene ring substituents is 1. The summed E-state index contributed by atoms with van der Waals surface area (Å²) >= 11 is 0. The average Bonchev–Trinajstić information content (AvgIpc) is 2.34. The summed E-state index contributed by atoms with van der Waals surface area (Å²) in [5, 5.41) is 10.4. The Morgan fingerprint density at radius 1 is 1.32 bits per heavy atom. The zero-order valence-corrected chi connectivity index (χ0v) is 10.8. The summed E-state index contributed by atoms with van der Waals surface area (Å²) in [6.07, 6.45) is 0. The molecule has 0 radical (unpaired) electrons. The molecule has 0 saturated carbocycles. The summed E-state index contributed by atoms with van der Waals surface area (Å²) in [7, 11) is -4.06. The molecule has 1 rings (SSSR count). The number of nitro benzene ring substituents is 1. The second-order valence-corrected chi connectivity index (χ2v) is 5.11. The minimum Gasteiger partial charge on any atom is -0.346 e. The summed E-state index contributed by atoms with van der Waals surface area (Å²) in [4.78, 5) is 20.1. The Morgan fingerprint density at radius 2 is 1.89 bits per heavy atom. The maximum Gasteiger partial charge on any atom is 0.299 e. The van der Waals surface area contributed by atoms with Crippen LogP contribution in [-0.4, -0.2) is 32.5 Å². The second-order valence-electron chi connectivity index (χ2n) is 3.49. The summed E-state index contributed by atoms with van der Waals surface area (Å²) in [6, 6.07) is 4.20. The van der Waals surface area contributed by atoms with Crippen molar-refractivity contribution in [2.24, 2.45) is 0 Å². The van der Waals surface area contributed by atoms with E-state index in [-0.39, 0.29) is 23.0 Å². The first kappa shape index (κ1) is 15.2. The van der Waals surface area contributed by atoms with Gasteiger partial charge in [0.05, 0.1) is 9.82 Å². The lowest BCUT2D eigenvalue weighted by molar-refractivity contribution is -0.384. The molecule has 0 saturated heterocycles. The number of ether oxygens (including phenoxy) is 1. The molecule has 0 aliphatic rings. The molecule has 0 unspecified atom stereocenters. The van der Waals surface area contributed by atoms with Gasteiger partial charge in [0.2, 0.25) is 0 Å². The number of nitro groups is 1. The number of hydrogen-bond acceptors (Lipinski definition) is 7. The van der Waals surface area contributed by atoms with Gasteiger partial charge >= 0.3 is 0 Å². The number of nitrogens with zero attached hydrogens (tertiary/aromatic N) is 1. The first-order chi connectivity index (χ1) is 8.83. The molecule has 0 aliphatic heterocycles. The lowest BCUT2D eigenvalue weighted by Crippen LogP contribution is -2.12. The Hall–Kier alpha value is -1.84. The van der Waals surface area contributed by atoms with Crippen molar-refractivity contribution in [2.75, 3.05) is 13.4 Å². The second kappa shape index (κ2) is 6.36. The van der Waals surface area contributed by atoms with Crippen molar-refractivity contribution in [3.05, 3.63) is 34.4 Å². The SMILES string of the molecule is CC(=O)COCOS(=O)(=O)c1ccc([N+](=O)[O-])cc1. The highest BCUT2D eigenvalue weighted by molar-refractivity contribution is 7.86. The maximum absolute atomic E-state index is 11.6. The molecule has 104 valence electrons. The third-order valence-corrected chi connectivity index (χ3v) is 3.18. The molecule has 0 aliphatic carbocycles. The minimum absolute atomic E-state index is 0.230. The van der Waals surface area contributed by atoms with E-state index in [1.807, 2.05) is 0 Å². The molecular formula is C10H11NO7S. The normalized spacial score (nSPS) is 11.2. The number of benzene rings is 1. The third-order valence-electron chi connectivity index (χ3n) is 1.93. The molecule has 0 amide bonds. The number of rotatable bonds is 7. The fourth-order valence-electron chi connectivity index (χ4n) is 1.09. The van der Waals surface area contributed by atoms with Crippen LogP contribution in [0.2, 0.25) is 0 Å². The van der Waals surface area contributed by atoms with Gasteiger partial charge in [-0.05, 0) is 19.1 Å². The van der Waals surface area contributed by atoms with Crippen LogP contribution < -0.4 is 0 Å². The monoisotopic (exact) mass is 289 g/mol. The van der Waals surface area contributed by atoms with E-state index >= 15 is 0 Å². The molecule has 0 atom stereocenters. The molecule has 8 nitrogen and oxygen atoms in total. The van der Waals surface area contributed by atoms with Crippen LogP contribution in [0, 0.1) is 10.1 Å². The van der Waals surface area contributed by atoms with Crippen LogP contribution in [0.5, 0.6) is 0 Å². The Morgan fingerprint density at radius 3 is 2.37 bits per heavy atom. The van der Waals surface area contributed by atoms with Gasteiger partial charge < -0.3 is 4.74 Å². The van der Waals surface area contributed by atoms with Crippen molar-refractivity contribution in [2.45, 2.75) is 11.8 Å². The Bertz CT molecular complexity index is 564. The molecule has 19 heavy (non-hydrogen) atoms. The van der Waals surface area contributed by atoms with Crippen molar-refractivity contribution in [3.63, 3.8) is 0 Å². The number of ketones is 1. The quantitative estimate of drug-likeness (QED) is 0.240. The van der Waals surface area contributed by atoms with E-state index in [9.17, 15) is 23.3 Å². The van der Waals surface area contributed by atoms with Gasteiger partial charge in [0, 0.05) is 12.1 Å². The van der Waals surface area contributed by atoms with Crippen molar-refractivity contribution < 1.29 is 27.1 Å². The molecule has 1 aromatic rings. The number of carbonyl (C=O) groups excluding carboxylic acids is 1. The fourth-order valence-corrected chi connectivity index (χ4v) is 1.89. The van der Waals surface area contributed by atoms with Gasteiger partial charge in [-0.3, -0.25) is 14.9 Å². The first-order valence-corrected chi connectivity index (χ1v) is 6.45. The Kier molecular flexibility index (Phi) is 5.10. The maximum atomic E-state index is 11.6. The molecular weight excluding hydrogens is 278 g/mol. The van der Waals surface area contributed by atoms with Crippen LogP contribution in [0.3, 0.4) is 0 Å². The highest BCUT2D eigenvalue weighted by atomic mass is 32.2. The minimum atomic E-state index is -4.06. The predicted molar refractivity (Wildman–Crippen MR) is 62.9 cm³/mol. The van der Waals surface area contributed by atoms with Crippen LogP contribution in [0.25, 0.3) is 0 Å². The highest BCUT2D eigenvalue weighted by Crippen LogP contribution is 2.17. The average molecular weight is 289 g/mol. The van der Waals surface area contributed by atoms with Gasteiger partial charge in [-0.2, -0.15) is 8.42 Å². The van der Waals surface area contributed by atoms with Gasteiger partial charge in [-0.1, -0.05) is 0 Å². The molecule has 1 aromatic carbocycles. The van der Waals surface area contributed by atoms with Crippen LogP contribution >= 0.6 is 0 Å². The number of hydrogen-bond donors (Lipinski definition) is 0. The van der Waals surface area contributed by atoms with Gasteiger partial charge in [-0.25, -0.2) is 4.18 Å². The fraction of sp³-hybridized carbons (Fsp3) is 0.300. The van der Waals surface area contributed by atoms with Crippen LogP contribution in [-0.2, 0) is 23.8 Å². The van der Waals surface area contributed by atoms with Gasteiger partial charge in [0.25, 0.3) is 15.8 Å². The molecule has 0 aromatic heterocycles. The van der Waals surface area contributed by atoms with E-state index in [1.54, 1.807) is 0 Å². The van der Waals surface area contributed by atoms with Gasteiger partial charge in [-0.15, -0.1) is 0 Å². The first-order valence-electron chi connectivity index (χ1n) is 5.04. The summed E-state index contributed by atoms with van der Waals surface area (Å²) in [6.45, 7) is 0.430. The zero-order chi connectivity index (χ0) is 14.5. The molecule has 0 heterocycles. The van der Waals surface area contributed by atoms with E-state index in [1.165, 1.54) is 6.92 Å². The van der Waals surface area contributed by atoms with Gasteiger partial charge in [0.15, 0.2) is 12.6 Å². The lowest BCUT2D eigenvalue weighted by atomic mass is 10.3. The highest BCUT2D eigenvalue weighted by Gasteiger charge is 2.16.